The molecular formula is C15H13ClN2OS. The van der Waals surface area contributed by atoms with Gasteiger partial charge < -0.3 is 4.74 Å². The van der Waals surface area contributed by atoms with Crippen molar-refractivity contribution in [2.45, 2.75) is 13.8 Å². The number of hydrogen-bond donors (Lipinski definition) is 0. The van der Waals surface area contributed by atoms with Gasteiger partial charge in [0.05, 0.1) is 17.4 Å². The van der Waals surface area contributed by atoms with E-state index in [4.69, 9.17) is 16.3 Å². The highest BCUT2D eigenvalue weighted by Crippen LogP contribution is 2.38. The fourth-order valence-corrected chi connectivity index (χ4v) is 3.43. The lowest BCUT2D eigenvalue weighted by Crippen LogP contribution is -1.92. The van der Waals surface area contributed by atoms with E-state index in [2.05, 4.69) is 29.9 Å². The van der Waals surface area contributed by atoms with Gasteiger partial charge in [-0.2, -0.15) is 0 Å². The highest BCUT2D eigenvalue weighted by molar-refractivity contribution is 7.21. The monoisotopic (exact) mass is 304 g/mol. The summed E-state index contributed by atoms with van der Waals surface area (Å²) >= 11 is 7.51. The number of halogens is 1. The molecule has 0 N–H and O–H groups in total. The minimum atomic E-state index is 0.460. The molecule has 0 aliphatic rings. The lowest BCUT2D eigenvalue weighted by atomic mass is 10.0. The molecule has 20 heavy (non-hydrogen) atoms. The van der Waals surface area contributed by atoms with E-state index in [0.29, 0.717) is 10.8 Å². The SMILES string of the molecule is COc1cc(C)cc(C)c1-c1nc2nc(Cl)ccc2s1. The van der Waals surface area contributed by atoms with Gasteiger partial charge in [0, 0.05) is 0 Å². The third-order valence-electron chi connectivity index (χ3n) is 3.10. The van der Waals surface area contributed by atoms with Gasteiger partial charge in [0.15, 0.2) is 5.65 Å². The van der Waals surface area contributed by atoms with Crippen molar-refractivity contribution in [3.8, 4) is 16.3 Å². The summed E-state index contributed by atoms with van der Waals surface area (Å²) in [5.74, 6) is 0.840. The molecule has 1 aromatic carbocycles. The quantitative estimate of drug-likeness (QED) is 0.647. The van der Waals surface area contributed by atoms with Crippen molar-refractivity contribution < 1.29 is 4.74 Å². The van der Waals surface area contributed by atoms with E-state index in [-0.39, 0.29) is 0 Å². The molecule has 2 heterocycles. The van der Waals surface area contributed by atoms with Crippen molar-refractivity contribution in [2.75, 3.05) is 7.11 Å². The molecule has 0 spiro atoms. The zero-order chi connectivity index (χ0) is 14.3. The maximum atomic E-state index is 5.91. The first-order chi connectivity index (χ1) is 9.58. The van der Waals surface area contributed by atoms with Crippen molar-refractivity contribution in [3.63, 3.8) is 0 Å². The number of fused-ring (bicyclic) bond motifs is 1. The molecule has 0 saturated carbocycles. The van der Waals surface area contributed by atoms with Gasteiger partial charge in [-0.05, 0) is 43.2 Å². The summed E-state index contributed by atoms with van der Waals surface area (Å²) in [4.78, 5) is 8.83. The second-order valence-electron chi connectivity index (χ2n) is 4.63. The van der Waals surface area contributed by atoms with Gasteiger partial charge in [-0.1, -0.05) is 17.7 Å². The van der Waals surface area contributed by atoms with Crippen LogP contribution in [0.4, 0.5) is 0 Å². The molecule has 2 aromatic heterocycles. The van der Waals surface area contributed by atoms with Gasteiger partial charge in [-0.3, -0.25) is 0 Å². The van der Waals surface area contributed by atoms with Gasteiger partial charge in [-0.15, -0.1) is 11.3 Å². The maximum Gasteiger partial charge on any atom is 0.172 e. The first-order valence-electron chi connectivity index (χ1n) is 6.17. The predicted octanol–water partition coefficient (Wildman–Crippen LogP) is 4.64. The topological polar surface area (TPSA) is 35.0 Å². The summed E-state index contributed by atoms with van der Waals surface area (Å²) < 4.78 is 6.52. The third-order valence-corrected chi connectivity index (χ3v) is 4.33. The number of benzene rings is 1. The van der Waals surface area contributed by atoms with Crippen LogP contribution in [0.5, 0.6) is 5.75 Å². The fourth-order valence-electron chi connectivity index (χ4n) is 2.27. The third kappa shape index (κ3) is 2.25. The lowest BCUT2D eigenvalue weighted by Gasteiger charge is -2.10. The Morgan fingerprint density at radius 1 is 1.15 bits per heavy atom. The molecule has 0 aliphatic carbocycles. The highest BCUT2D eigenvalue weighted by Gasteiger charge is 2.15. The van der Waals surface area contributed by atoms with E-state index in [1.807, 2.05) is 12.1 Å². The number of thiazole rings is 1. The Morgan fingerprint density at radius 3 is 2.70 bits per heavy atom. The lowest BCUT2D eigenvalue weighted by molar-refractivity contribution is 0.416. The number of methoxy groups -OCH3 is 1. The van der Waals surface area contributed by atoms with E-state index in [1.165, 1.54) is 5.56 Å². The van der Waals surface area contributed by atoms with E-state index >= 15 is 0 Å². The van der Waals surface area contributed by atoms with Crippen molar-refractivity contribution in [2.24, 2.45) is 0 Å². The standard InChI is InChI=1S/C15H13ClN2OS/c1-8-6-9(2)13(10(7-8)19-3)15-18-14-11(20-15)4-5-12(16)17-14/h4-7H,1-3H3. The number of pyridine rings is 1. The van der Waals surface area contributed by atoms with Crippen LogP contribution in [0.15, 0.2) is 24.3 Å². The average Bonchev–Trinajstić information content (AvgIpc) is 2.79. The molecule has 0 atom stereocenters. The van der Waals surface area contributed by atoms with Crippen molar-refractivity contribution in [3.05, 3.63) is 40.5 Å². The van der Waals surface area contributed by atoms with Gasteiger partial charge >= 0.3 is 0 Å². The average molecular weight is 305 g/mol. The van der Waals surface area contributed by atoms with E-state index < -0.39 is 0 Å². The van der Waals surface area contributed by atoms with E-state index in [1.54, 1.807) is 24.5 Å². The largest absolute Gasteiger partial charge is 0.496 e. The molecule has 3 rings (SSSR count). The molecule has 5 heteroatoms. The predicted molar refractivity (Wildman–Crippen MR) is 83.9 cm³/mol. The summed E-state index contributed by atoms with van der Waals surface area (Å²) in [7, 11) is 1.68. The summed E-state index contributed by atoms with van der Waals surface area (Å²) in [6.07, 6.45) is 0. The summed E-state index contributed by atoms with van der Waals surface area (Å²) in [5.41, 5.74) is 4.02. The van der Waals surface area contributed by atoms with Gasteiger partial charge in [-0.25, -0.2) is 9.97 Å². The van der Waals surface area contributed by atoms with Crippen molar-refractivity contribution >= 4 is 33.3 Å². The van der Waals surface area contributed by atoms with Gasteiger partial charge in [0.25, 0.3) is 0 Å². The first kappa shape index (κ1) is 13.3. The highest BCUT2D eigenvalue weighted by atomic mass is 35.5. The Morgan fingerprint density at radius 2 is 1.95 bits per heavy atom. The Balaban J connectivity index is 2.25. The van der Waals surface area contributed by atoms with Crippen LogP contribution in [0.2, 0.25) is 5.15 Å². The molecule has 0 amide bonds. The fraction of sp³-hybridized carbons (Fsp3) is 0.200. The molecule has 102 valence electrons. The van der Waals surface area contributed by atoms with Gasteiger partial charge in [0.2, 0.25) is 0 Å². The van der Waals surface area contributed by atoms with Crippen LogP contribution in [0.3, 0.4) is 0 Å². The second-order valence-corrected chi connectivity index (χ2v) is 6.05. The number of aromatic nitrogens is 2. The van der Waals surface area contributed by atoms with E-state index in [9.17, 15) is 0 Å². The number of hydrogen-bond acceptors (Lipinski definition) is 4. The first-order valence-corrected chi connectivity index (χ1v) is 7.36. The minimum absolute atomic E-state index is 0.460. The van der Waals surface area contributed by atoms with Crippen LogP contribution in [-0.2, 0) is 0 Å². The zero-order valence-corrected chi connectivity index (χ0v) is 13.0. The van der Waals surface area contributed by atoms with E-state index in [0.717, 1.165) is 26.6 Å². The van der Waals surface area contributed by atoms with Crippen LogP contribution in [0.25, 0.3) is 20.9 Å². The molecule has 0 fully saturated rings. The van der Waals surface area contributed by atoms with Crippen LogP contribution < -0.4 is 4.74 Å². The minimum Gasteiger partial charge on any atom is -0.496 e. The molecule has 3 aromatic rings. The Hall–Kier alpha value is -1.65. The summed E-state index contributed by atoms with van der Waals surface area (Å²) in [5, 5.41) is 1.37. The van der Waals surface area contributed by atoms with Crippen molar-refractivity contribution in [1.82, 2.24) is 9.97 Å². The summed E-state index contributed by atoms with van der Waals surface area (Å²) in [6, 6.07) is 7.88. The second kappa shape index (κ2) is 5.04. The Labute approximate surface area is 126 Å². The molecule has 0 aliphatic heterocycles. The smallest absolute Gasteiger partial charge is 0.172 e. The molecule has 0 unspecified atom stereocenters. The zero-order valence-electron chi connectivity index (χ0n) is 11.4. The molecule has 3 nitrogen and oxygen atoms in total. The normalized spacial score (nSPS) is 11.0. The number of aryl methyl sites for hydroxylation is 2. The number of rotatable bonds is 2. The Kier molecular flexibility index (Phi) is 3.36. The number of ether oxygens (including phenoxy) is 1. The van der Waals surface area contributed by atoms with Crippen LogP contribution >= 0.6 is 22.9 Å². The molecule has 0 bridgehead atoms. The molecule has 0 radical (unpaired) electrons. The number of nitrogens with zero attached hydrogens (tertiary/aromatic N) is 2. The maximum absolute atomic E-state index is 5.91. The van der Waals surface area contributed by atoms with Crippen LogP contribution in [0.1, 0.15) is 11.1 Å². The Bertz CT molecular complexity index is 798. The van der Waals surface area contributed by atoms with Crippen molar-refractivity contribution in [1.29, 1.82) is 0 Å². The van der Waals surface area contributed by atoms with Gasteiger partial charge in [0.1, 0.15) is 15.9 Å². The van der Waals surface area contributed by atoms with Crippen LogP contribution in [0, 0.1) is 13.8 Å². The van der Waals surface area contributed by atoms with Crippen LogP contribution in [-0.4, -0.2) is 17.1 Å². The molecule has 0 saturated heterocycles. The molecular weight excluding hydrogens is 292 g/mol. The summed E-state index contributed by atoms with van der Waals surface area (Å²) in [6.45, 7) is 4.12.